The second kappa shape index (κ2) is 5.12. The number of halogens is 2. The molecule has 6 heteroatoms. The molecule has 0 bridgehead atoms. The van der Waals surface area contributed by atoms with E-state index in [2.05, 4.69) is 4.98 Å². The zero-order valence-electron chi connectivity index (χ0n) is 9.77. The second-order valence-corrected chi connectivity index (χ2v) is 3.66. The summed E-state index contributed by atoms with van der Waals surface area (Å²) in [7, 11) is 0. The molecule has 0 saturated heterocycles. The van der Waals surface area contributed by atoms with Crippen molar-refractivity contribution in [3.8, 4) is 0 Å². The number of rotatable bonds is 4. The average molecular weight is 254 g/mol. The maximum absolute atomic E-state index is 12.6. The lowest BCUT2D eigenvalue weighted by molar-refractivity contribution is 0.0507. The van der Waals surface area contributed by atoms with Crippen molar-refractivity contribution in [3.63, 3.8) is 0 Å². The zero-order valence-corrected chi connectivity index (χ0v) is 9.77. The highest BCUT2D eigenvalue weighted by Crippen LogP contribution is 2.20. The first kappa shape index (κ1) is 12.5. The third-order valence-electron chi connectivity index (χ3n) is 2.48. The maximum atomic E-state index is 12.6. The Kier molecular flexibility index (Phi) is 3.55. The summed E-state index contributed by atoms with van der Waals surface area (Å²) in [6.45, 7) is 1.31. The van der Waals surface area contributed by atoms with Crippen LogP contribution in [0.1, 0.15) is 17.4 Å². The molecule has 2 rings (SSSR count). The highest BCUT2D eigenvalue weighted by molar-refractivity contribution is 5.94. The highest BCUT2D eigenvalue weighted by Gasteiger charge is 2.19. The SMILES string of the molecule is CCOC(=O)c1cc2ncccc2n1CC(F)F. The third-order valence-corrected chi connectivity index (χ3v) is 2.48. The summed E-state index contributed by atoms with van der Waals surface area (Å²) < 4.78 is 31.2. The Hall–Kier alpha value is -1.98. The number of carbonyl (C=O) groups excluding carboxylic acids is 1. The van der Waals surface area contributed by atoms with E-state index in [4.69, 9.17) is 4.74 Å². The number of alkyl halides is 2. The van der Waals surface area contributed by atoms with Gasteiger partial charge in [0.05, 0.1) is 24.2 Å². The van der Waals surface area contributed by atoms with Crippen LogP contribution in [0.15, 0.2) is 24.4 Å². The molecule has 0 saturated carbocycles. The van der Waals surface area contributed by atoms with Crippen molar-refractivity contribution in [1.29, 1.82) is 0 Å². The van der Waals surface area contributed by atoms with Gasteiger partial charge in [0.15, 0.2) is 0 Å². The fourth-order valence-electron chi connectivity index (χ4n) is 1.79. The van der Waals surface area contributed by atoms with Crippen molar-refractivity contribution in [2.45, 2.75) is 19.9 Å². The average Bonchev–Trinajstić information content (AvgIpc) is 2.68. The molecule has 4 nitrogen and oxygen atoms in total. The molecule has 0 aromatic carbocycles. The lowest BCUT2D eigenvalue weighted by Crippen LogP contribution is -2.15. The van der Waals surface area contributed by atoms with E-state index >= 15 is 0 Å². The molecule has 0 amide bonds. The summed E-state index contributed by atoms with van der Waals surface area (Å²) in [5.41, 5.74) is 1.10. The smallest absolute Gasteiger partial charge is 0.355 e. The van der Waals surface area contributed by atoms with Gasteiger partial charge in [0.25, 0.3) is 6.43 Å². The fraction of sp³-hybridized carbons (Fsp3) is 0.333. The minimum absolute atomic E-state index is 0.103. The van der Waals surface area contributed by atoms with Gasteiger partial charge >= 0.3 is 5.97 Å². The van der Waals surface area contributed by atoms with Gasteiger partial charge in [0.1, 0.15) is 5.69 Å². The number of ether oxygens (including phenoxy) is 1. The van der Waals surface area contributed by atoms with Gasteiger partial charge in [-0.15, -0.1) is 0 Å². The molecule has 0 spiro atoms. The van der Waals surface area contributed by atoms with E-state index in [-0.39, 0.29) is 12.3 Å². The molecule has 2 aromatic heterocycles. The van der Waals surface area contributed by atoms with Gasteiger partial charge in [-0.25, -0.2) is 13.6 Å². The van der Waals surface area contributed by atoms with Gasteiger partial charge in [-0.1, -0.05) is 0 Å². The van der Waals surface area contributed by atoms with E-state index in [0.29, 0.717) is 11.0 Å². The number of nitrogens with zero attached hydrogens (tertiary/aromatic N) is 2. The lowest BCUT2D eigenvalue weighted by atomic mass is 10.4. The Labute approximate surface area is 102 Å². The van der Waals surface area contributed by atoms with Crippen molar-refractivity contribution < 1.29 is 18.3 Å². The molecule has 18 heavy (non-hydrogen) atoms. The van der Waals surface area contributed by atoms with Crippen molar-refractivity contribution in [2.24, 2.45) is 0 Å². The third kappa shape index (κ3) is 2.32. The fourth-order valence-corrected chi connectivity index (χ4v) is 1.79. The van der Waals surface area contributed by atoms with E-state index in [1.807, 2.05) is 0 Å². The zero-order chi connectivity index (χ0) is 13.1. The largest absolute Gasteiger partial charge is 0.461 e. The number of hydrogen-bond donors (Lipinski definition) is 0. The Balaban J connectivity index is 2.53. The summed E-state index contributed by atoms with van der Waals surface area (Å²) in [6, 6.07) is 4.75. The van der Waals surface area contributed by atoms with Crippen LogP contribution in [0.5, 0.6) is 0 Å². The number of pyridine rings is 1. The van der Waals surface area contributed by atoms with Gasteiger partial charge in [-0.2, -0.15) is 0 Å². The molecule has 0 fully saturated rings. The monoisotopic (exact) mass is 254 g/mol. The molecule has 96 valence electrons. The van der Waals surface area contributed by atoms with Crippen LogP contribution >= 0.6 is 0 Å². The highest BCUT2D eigenvalue weighted by atomic mass is 19.3. The lowest BCUT2D eigenvalue weighted by Gasteiger charge is -2.08. The van der Waals surface area contributed by atoms with Gasteiger partial charge in [-0.3, -0.25) is 4.98 Å². The van der Waals surface area contributed by atoms with Crippen LogP contribution in [-0.2, 0) is 11.3 Å². The van der Waals surface area contributed by atoms with Crippen LogP contribution in [0.2, 0.25) is 0 Å². The van der Waals surface area contributed by atoms with Crippen LogP contribution < -0.4 is 0 Å². The molecule has 0 atom stereocenters. The molecule has 0 N–H and O–H groups in total. The molecule has 2 heterocycles. The van der Waals surface area contributed by atoms with Crippen molar-refractivity contribution in [1.82, 2.24) is 9.55 Å². The van der Waals surface area contributed by atoms with Gasteiger partial charge < -0.3 is 9.30 Å². The van der Waals surface area contributed by atoms with Crippen molar-refractivity contribution >= 4 is 17.0 Å². The quantitative estimate of drug-likeness (QED) is 0.787. The first-order chi connectivity index (χ1) is 8.63. The number of carbonyl (C=O) groups is 1. The van der Waals surface area contributed by atoms with Gasteiger partial charge in [0, 0.05) is 6.20 Å². The Bertz CT molecular complexity index is 566. The van der Waals surface area contributed by atoms with E-state index in [1.165, 1.54) is 10.6 Å². The topological polar surface area (TPSA) is 44.1 Å². The summed E-state index contributed by atoms with van der Waals surface area (Å²) >= 11 is 0. The summed E-state index contributed by atoms with van der Waals surface area (Å²) in [5, 5.41) is 0. The number of fused-ring (bicyclic) bond motifs is 1. The summed E-state index contributed by atoms with van der Waals surface area (Å²) in [4.78, 5) is 15.7. The standard InChI is InChI=1S/C12H12F2N2O2/c1-2-18-12(17)10-6-8-9(4-3-5-15-8)16(10)7-11(13)14/h3-6,11H,2,7H2,1H3. The summed E-state index contributed by atoms with van der Waals surface area (Å²) in [5.74, 6) is -0.615. The molecule has 0 radical (unpaired) electrons. The molecule has 0 aliphatic rings. The Morgan fingerprint density at radius 1 is 1.56 bits per heavy atom. The van der Waals surface area contributed by atoms with Crippen LogP contribution in [0.25, 0.3) is 11.0 Å². The first-order valence-corrected chi connectivity index (χ1v) is 5.53. The molecular formula is C12H12F2N2O2. The normalized spacial score (nSPS) is 11.1. The Morgan fingerprint density at radius 3 is 3.00 bits per heavy atom. The first-order valence-electron chi connectivity index (χ1n) is 5.53. The van der Waals surface area contributed by atoms with Gasteiger partial charge in [-0.05, 0) is 25.1 Å². The number of aromatic nitrogens is 2. The van der Waals surface area contributed by atoms with Crippen LogP contribution in [-0.4, -0.2) is 28.6 Å². The minimum Gasteiger partial charge on any atom is -0.461 e. The number of esters is 1. The molecule has 0 unspecified atom stereocenters. The van der Waals surface area contributed by atoms with E-state index in [9.17, 15) is 13.6 Å². The second-order valence-electron chi connectivity index (χ2n) is 3.66. The van der Waals surface area contributed by atoms with Crippen molar-refractivity contribution in [2.75, 3.05) is 6.61 Å². The van der Waals surface area contributed by atoms with Crippen LogP contribution in [0.4, 0.5) is 8.78 Å². The van der Waals surface area contributed by atoms with Crippen molar-refractivity contribution in [3.05, 3.63) is 30.1 Å². The van der Waals surface area contributed by atoms with E-state index in [0.717, 1.165) is 0 Å². The Morgan fingerprint density at radius 2 is 2.33 bits per heavy atom. The predicted molar refractivity (Wildman–Crippen MR) is 61.7 cm³/mol. The van der Waals surface area contributed by atoms with Gasteiger partial charge in [0.2, 0.25) is 0 Å². The molecule has 0 aliphatic heterocycles. The number of hydrogen-bond acceptors (Lipinski definition) is 3. The maximum Gasteiger partial charge on any atom is 0.355 e. The van der Waals surface area contributed by atoms with E-state index in [1.54, 1.807) is 25.3 Å². The molecule has 2 aromatic rings. The summed E-state index contributed by atoms with van der Waals surface area (Å²) in [6.07, 6.45) is -1.00. The molecule has 0 aliphatic carbocycles. The van der Waals surface area contributed by atoms with Crippen LogP contribution in [0.3, 0.4) is 0 Å². The molecular weight excluding hydrogens is 242 g/mol. The van der Waals surface area contributed by atoms with E-state index < -0.39 is 18.9 Å². The minimum atomic E-state index is -2.55. The van der Waals surface area contributed by atoms with Crippen LogP contribution in [0, 0.1) is 0 Å². The predicted octanol–water partition coefficient (Wildman–Crippen LogP) is 2.48.